The van der Waals surface area contributed by atoms with Crippen LogP contribution >= 0.6 is 11.1 Å². The first-order valence-electron chi connectivity index (χ1n) is 7.81. The quantitative estimate of drug-likeness (QED) is 0.385. The highest BCUT2D eigenvalue weighted by Crippen LogP contribution is 2.27. The van der Waals surface area contributed by atoms with Crippen LogP contribution in [0.3, 0.4) is 0 Å². The summed E-state index contributed by atoms with van der Waals surface area (Å²) < 4.78 is 0. The van der Waals surface area contributed by atoms with Gasteiger partial charge in [0.2, 0.25) is 0 Å². The Bertz CT molecular complexity index is 208. The Morgan fingerprint density at radius 1 is 0.895 bits per heavy atom. The molecule has 0 saturated carbocycles. The third-order valence-electron chi connectivity index (χ3n) is 2.94. The zero-order chi connectivity index (χ0) is 15.9. The Balaban J connectivity index is -0.000000277. The highest BCUT2D eigenvalue weighted by atomic mass is 35.6. The third kappa shape index (κ3) is 27.8. The van der Waals surface area contributed by atoms with Gasteiger partial charge in [0.15, 0.2) is 7.38 Å². The first-order valence-corrected chi connectivity index (χ1v) is 15.2. The van der Waals surface area contributed by atoms with Gasteiger partial charge in [-0.2, -0.15) is 11.1 Å². The molecule has 0 saturated heterocycles. The third-order valence-corrected chi connectivity index (χ3v) is 6.39. The van der Waals surface area contributed by atoms with E-state index in [4.69, 9.17) is 11.1 Å². The molecule has 0 aliphatic rings. The van der Waals surface area contributed by atoms with Crippen LogP contribution in [0.4, 0.5) is 0 Å². The van der Waals surface area contributed by atoms with Crippen molar-refractivity contribution in [2.45, 2.75) is 92.7 Å². The van der Waals surface area contributed by atoms with Crippen molar-refractivity contribution in [1.29, 1.82) is 0 Å². The second-order valence-electron chi connectivity index (χ2n) is 9.27. The lowest BCUT2D eigenvalue weighted by atomic mass is 9.94. The maximum Gasteiger partial charge on any atom is 0.150 e. The molecule has 120 valence electrons. The Labute approximate surface area is 132 Å². The molecule has 0 rings (SSSR count). The van der Waals surface area contributed by atoms with Gasteiger partial charge in [0.25, 0.3) is 0 Å². The molecular weight excluding hydrogens is 284 g/mol. The molecular formula is C16H41ClSi2. The van der Waals surface area contributed by atoms with E-state index in [0.717, 1.165) is 0 Å². The number of halogens is 1. The molecule has 0 aromatic rings. The van der Waals surface area contributed by atoms with Crippen molar-refractivity contribution in [3.05, 3.63) is 0 Å². The minimum atomic E-state index is -1.29. The van der Waals surface area contributed by atoms with Crippen molar-refractivity contribution in [3.63, 3.8) is 0 Å². The van der Waals surface area contributed by atoms with Crippen LogP contribution in [0.1, 0.15) is 55.8 Å². The zero-order valence-corrected chi connectivity index (χ0v) is 18.2. The summed E-state index contributed by atoms with van der Waals surface area (Å²) in [5, 5.41) is 0. The van der Waals surface area contributed by atoms with Gasteiger partial charge in [-0.05, 0) is 23.3 Å². The summed E-state index contributed by atoms with van der Waals surface area (Å²) in [4.78, 5) is 0. The van der Waals surface area contributed by atoms with E-state index in [1.54, 1.807) is 0 Å². The standard InChI is InChI=1S/C8H19ClSi.C8H20Si.H2/c1-8(2,3)6-7-10(4,5)9;1-8(2,3)6-7-9(4)5;/h6-7H2,1-5H3;9H,6-7H2,1-5H3;1H. The minimum absolute atomic E-state index is 0. The van der Waals surface area contributed by atoms with E-state index >= 15 is 0 Å². The van der Waals surface area contributed by atoms with E-state index in [9.17, 15) is 0 Å². The SMILES string of the molecule is CC(C)(C)CC[Si](C)(C)Cl.C[SiH](C)CCC(C)(C)C.[HH]. The van der Waals surface area contributed by atoms with Crippen LogP contribution in [-0.2, 0) is 0 Å². The Hall–Kier alpha value is 0.724. The summed E-state index contributed by atoms with van der Waals surface area (Å²) >= 11 is 6.18. The minimum Gasteiger partial charge on any atom is -0.168 e. The van der Waals surface area contributed by atoms with Crippen LogP contribution < -0.4 is 0 Å². The average molecular weight is 325 g/mol. The van der Waals surface area contributed by atoms with Crippen molar-refractivity contribution < 1.29 is 1.43 Å². The lowest BCUT2D eigenvalue weighted by Crippen LogP contribution is -2.19. The Morgan fingerprint density at radius 2 is 1.26 bits per heavy atom. The molecule has 0 fully saturated rings. The molecule has 0 unspecified atom stereocenters. The van der Waals surface area contributed by atoms with Crippen molar-refractivity contribution in [2.24, 2.45) is 10.8 Å². The summed E-state index contributed by atoms with van der Waals surface area (Å²) in [6, 6.07) is 2.74. The largest absolute Gasteiger partial charge is 0.168 e. The number of rotatable bonds is 4. The van der Waals surface area contributed by atoms with Gasteiger partial charge < -0.3 is 0 Å². The highest BCUT2D eigenvalue weighted by Gasteiger charge is 2.20. The van der Waals surface area contributed by atoms with Crippen LogP contribution in [0.5, 0.6) is 0 Å². The van der Waals surface area contributed by atoms with E-state index in [1.165, 1.54) is 24.9 Å². The molecule has 0 aliphatic heterocycles. The van der Waals surface area contributed by atoms with Gasteiger partial charge in [-0.15, -0.1) is 0 Å². The van der Waals surface area contributed by atoms with Gasteiger partial charge in [0.1, 0.15) is 0 Å². The smallest absolute Gasteiger partial charge is 0.150 e. The highest BCUT2D eigenvalue weighted by molar-refractivity contribution is 7.19. The fourth-order valence-electron chi connectivity index (χ4n) is 1.39. The van der Waals surface area contributed by atoms with Gasteiger partial charge in [-0.25, -0.2) is 0 Å². The summed E-state index contributed by atoms with van der Waals surface area (Å²) in [7, 11) is -1.57. The lowest BCUT2D eigenvalue weighted by molar-refractivity contribution is 0.396. The van der Waals surface area contributed by atoms with Gasteiger partial charge >= 0.3 is 0 Å². The van der Waals surface area contributed by atoms with Gasteiger partial charge in [0.05, 0.1) is 0 Å². The summed E-state index contributed by atoms with van der Waals surface area (Å²) in [6.45, 7) is 23.0. The van der Waals surface area contributed by atoms with Crippen molar-refractivity contribution in [1.82, 2.24) is 0 Å². The van der Waals surface area contributed by atoms with Gasteiger partial charge in [-0.1, -0.05) is 80.2 Å². The Kier molecular flexibility index (Phi) is 10.3. The molecule has 0 aromatic heterocycles. The fourth-order valence-corrected chi connectivity index (χ4v) is 4.47. The molecule has 0 radical (unpaired) electrons. The molecule has 19 heavy (non-hydrogen) atoms. The predicted molar refractivity (Wildman–Crippen MR) is 102 cm³/mol. The average Bonchev–Trinajstić information content (AvgIpc) is 2.10. The van der Waals surface area contributed by atoms with Gasteiger partial charge in [-0.3, -0.25) is 0 Å². The van der Waals surface area contributed by atoms with E-state index < -0.39 is 7.38 Å². The molecule has 0 amide bonds. The number of hydrogen-bond acceptors (Lipinski definition) is 0. The van der Waals surface area contributed by atoms with Crippen LogP contribution in [0, 0.1) is 10.8 Å². The van der Waals surface area contributed by atoms with Crippen LogP contribution in [-0.4, -0.2) is 16.2 Å². The maximum absolute atomic E-state index is 6.18. The first-order chi connectivity index (χ1) is 8.12. The molecule has 0 bridgehead atoms. The summed E-state index contributed by atoms with van der Waals surface area (Å²) in [6.07, 6.45) is 2.67. The molecule has 0 spiro atoms. The molecule has 0 aliphatic carbocycles. The van der Waals surface area contributed by atoms with Crippen LogP contribution in [0.2, 0.25) is 38.3 Å². The van der Waals surface area contributed by atoms with E-state index in [0.29, 0.717) is 10.8 Å². The molecule has 0 nitrogen and oxygen atoms in total. The molecule has 0 N–H and O–H groups in total. The second-order valence-corrected chi connectivity index (χ2v) is 19.6. The molecule has 3 heteroatoms. The number of hydrogen-bond donors (Lipinski definition) is 0. The van der Waals surface area contributed by atoms with E-state index in [-0.39, 0.29) is 10.2 Å². The second kappa shape index (κ2) is 8.89. The first kappa shape index (κ1) is 22.0. The summed E-state index contributed by atoms with van der Waals surface area (Å²) in [5.41, 5.74) is 1.02. The molecule has 0 atom stereocenters. The van der Waals surface area contributed by atoms with Crippen molar-refractivity contribution in [3.8, 4) is 0 Å². The molecule has 0 heterocycles. The fraction of sp³-hybridized carbons (Fsp3) is 1.00. The van der Waals surface area contributed by atoms with Crippen LogP contribution in [0.15, 0.2) is 0 Å². The maximum atomic E-state index is 6.18. The Morgan fingerprint density at radius 3 is 1.37 bits per heavy atom. The van der Waals surface area contributed by atoms with Gasteiger partial charge in [0, 0.05) is 10.2 Å². The summed E-state index contributed by atoms with van der Waals surface area (Å²) in [5.74, 6) is 0. The lowest BCUT2D eigenvalue weighted by Gasteiger charge is -2.21. The van der Waals surface area contributed by atoms with E-state index in [2.05, 4.69) is 67.7 Å². The monoisotopic (exact) mass is 324 g/mol. The molecule has 0 aromatic carbocycles. The zero-order valence-electron chi connectivity index (χ0n) is 15.3. The topological polar surface area (TPSA) is 0 Å². The van der Waals surface area contributed by atoms with Crippen molar-refractivity contribution >= 4 is 27.3 Å². The van der Waals surface area contributed by atoms with Crippen LogP contribution in [0.25, 0.3) is 0 Å². The van der Waals surface area contributed by atoms with Crippen molar-refractivity contribution in [2.75, 3.05) is 0 Å². The van der Waals surface area contributed by atoms with E-state index in [1.807, 2.05) is 0 Å². The predicted octanol–water partition coefficient (Wildman–Crippen LogP) is 7.02. The normalized spacial score (nSPS) is 13.3.